The normalized spacial score (nSPS) is 28.7. The Kier molecular flexibility index (Phi) is 4.28. The van der Waals surface area contributed by atoms with Crippen molar-refractivity contribution in [2.75, 3.05) is 26.2 Å². The lowest BCUT2D eigenvalue weighted by molar-refractivity contribution is -0.151. The van der Waals surface area contributed by atoms with E-state index in [1.54, 1.807) is 0 Å². The lowest BCUT2D eigenvalue weighted by Gasteiger charge is -2.37. The molecule has 18 heavy (non-hydrogen) atoms. The number of piperidine rings is 1. The molecule has 2 fully saturated rings. The minimum atomic E-state index is -0.771. The molecule has 4 nitrogen and oxygen atoms in total. The third kappa shape index (κ3) is 3.04. The van der Waals surface area contributed by atoms with Gasteiger partial charge in [-0.15, -0.1) is 0 Å². The number of carbonyl (C=O) groups is 1. The van der Waals surface area contributed by atoms with E-state index >= 15 is 0 Å². The monoisotopic (exact) mass is 254 g/mol. The Hall–Kier alpha value is -0.610. The van der Waals surface area contributed by atoms with E-state index in [1.807, 2.05) is 6.92 Å². The first-order valence-electron chi connectivity index (χ1n) is 7.24. The summed E-state index contributed by atoms with van der Waals surface area (Å²) in [6.45, 7) is 7.32. The molecule has 2 unspecified atom stereocenters. The van der Waals surface area contributed by atoms with Crippen LogP contribution in [0.1, 0.15) is 39.5 Å². The molecule has 4 heteroatoms. The van der Waals surface area contributed by atoms with E-state index in [4.69, 9.17) is 10.5 Å². The molecule has 0 aromatic rings. The lowest BCUT2D eigenvalue weighted by atomic mass is 9.91. The van der Waals surface area contributed by atoms with E-state index in [2.05, 4.69) is 11.8 Å². The number of esters is 1. The number of hydrogen-bond donors (Lipinski definition) is 1. The zero-order valence-electron chi connectivity index (χ0n) is 11.7. The highest BCUT2D eigenvalue weighted by molar-refractivity contribution is 5.82. The summed E-state index contributed by atoms with van der Waals surface area (Å²) >= 11 is 0. The van der Waals surface area contributed by atoms with Crippen molar-refractivity contribution in [2.24, 2.45) is 17.6 Å². The summed E-state index contributed by atoms with van der Waals surface area (Å²) < 4.78 is 5.19. The van der Waals surface area contributed by atoms with Crippen molar-refractivity contribution < 1.29 is 9.53 Å². The SMILES string of the molecule is CCOC(=O)C(N)(CN1CCCC(C)C1)C1CC1. The smallest absolute Gasteiger partial charge is 0.327 e. The Balaban J connectivity index is 1.99. The number of nitrogens with zero attached hydrogens (tertiary/aromatic N) is 1. The van der Waals surface area contributed by atoms with Gasteiger partial charge in [-0.3, -0.25) is 0 Å². The van der Waals surface area contributed by atoms with Crippen LogP contribution < -0.4 is 5.73 Å². The van der Waals surface area contributed by atoms with Crippen LogP contribution in [0, 0.1) is 11.8 Å². The molecule has 0 aromatic carbocycles. The van der Waals surface area contributed by atoms with Crippen molar-refractivity contribution in [3.05, 3.63) is 0 Å². The van der Waals surface area contributed by atoms with E-state index in [-0.39, 0.29) is 5.97 Å². The van der Waals surface area contributed by atoms with Crippen molar-refractivity contribution >= 4 is 5.97 Å². The van der Waals surface area contributed by atoms with Crippen molar-refractivity contribution in [3.63, 3.8) is 0 Å². The second kappa shape index (κ2) is 5.57. The molecular weight excluding hydrogens is 228 g/mol. The fourth-order valence-corrected chi connectivity index (χ4v) is 3.02. The first kappa shape index (κ1) is 13.8. The second-order valence-electron chi connectivity index (χ2n) is 6.02. The van der Waals surface area contributed by atoms with Gasteiger partial charge in [-0.2, -0.15) is 0 Å². The molecule has 0 spiro atoms. The van der Waals surface area contributed by atoms with Crippen molar-refractivity contribution in [3.8, 4) is 0 Å². The zero-order chi connectivity index (χ0) is 13.2. The molecule has 0 aromatic heterocycles. The third-order valence-electron chi connectivity index (χ3n) is 4.19. The Bertz CT molecular complexity index is 304. The number of hydrogen-bond acceptors (Lipinski definition) is 4. The molecule has 0 radical (unpaired) electrons. The average molecular weight is 254 g/mol. The van der Waals surface area contributed by atoms with Gasteiger partial charge < -0.3 is 15.4 Å². The van der Waals surface area contributed by atoms with Crippen LogP contribution in [0.4, 0.5) is 0 Å². The number of ether oxygens (including phenoxy) is 1. The third-order valence-corrected chi connectivity index (χ3v) is 4.19. The maximum absolute atomic E-state index is 12.1. The molecule has 1 saturated carbocycles. The number of likely N-dealkylation sites (tertiary alicyclic amines) is 1. The minimum Gasteiger partial charge on any atom is -0.465 e. The van der Waals surface area contributed by atoms with Crippen LogP contribution >= 0.6 is 0 Å². The van der Waals surface area contributed by atoms with Crippen LogP contribution in [-0.4, -0.2) is 42.6 Å². The minimum absolute atomic E-state index is 0.203. The predicted octanol–water partition coefficient (Wildman–Crippen LogP) is 1.39. The zero-order valence-corrected chi connectivity index (χ0v) is 11.7. The van der Waals surface area contributed by atoms with E-state index in [1.165, 1.54) is 12.8 Å². The Morgan fingerprint density at radius 1 is 1.44 bits per heavy atom. The van der Waals surface area contributed by atoms with E-state index in [9.17, 15) is 4.79 Å². The Morgan fingerprint density at radius 2 is 2.17 bits per heavy atom. The maximum Gasteiger partial charge on any atom is 0.327 e. The average Bonchev–Trinajstić information content (AvgIpc) is 3.13. The van der Waals surface area contributed by atoms with Gasteiger partial charge in [0.15, 0.2) is 0 Å². The topological polar surface area (TPSA) is 55.6 Å². The van der Waals surface area contributed by atoms with Crippen molar-refractivity contribution in [1.29, 1.82) is 0 Å². The molecule has 1 aliphatic heterocycles. The van der Waals surface area contributed by atoms with Gasteiger partial charge in [-0.25, -0.2) is 4.79 Å². The highest BCUT2D eigenvalue weighted by Gasteiger charge is 2.50. The number of carbonyl (C=O) groups excluding carboxylic acids is 1. The largest absolute Gasteiger partial charge is 0.465 e. The first-order chi connectivity index (χ1) is 8.56. The first-order valence-corrected chi connectivity index (χ1v) is 7.24. The summed E-state index contributed by atoms with van der Waals surface area (Å²) in [5.41, 5.74) is 5.62. The van der Waals surface area contributed by atoms with E-state index in [0.717, 1.165) is 25.9 Å². The Morgan fingerprint density at radius 3 is 2.72 bits per heavy atom. The molecule has 1 saturated heterocycles. The summed E-state index contributed by atoms with van der Waals surface area (Å²) in [5, 5.41) is 0. The van der Waals surface area contributed by atoms with E-state index < -0.39 is 5.54 Å². The summed E-state index contributed by atoms with van der Waals surface area (Å²) in [7, 11) is 0. The van der Waals surface area contributed by atoms with Gasteiger partial charge in [-0.05, 0) is 51.0 Å². The second-order valence-corrected chi connectivity index (χ2v) is 6.02. The molecule has 2 aliphatic rings. The number of rotatable bonds is 5. The predicted molar refractivity (Wildman–Crippen MR) is 71.1 cm³/mol. The molecule has 2 atom stereocenters. The summed E-state index contributed by atoms with van der Waals surface area (Å²) in [5.74, 6) is 0.837. The van der Waals surface area contributed by atoms with Crippen LogP contribution in [0.2, 0.25) is 0 Å². The molecule has 0 bridgehead atoms. The fourth-order valence-electron chi connectivity index (χ4n) is 3.02. The number of nitrogens with two attached hydrogens (primary N) is 1. The van der Waals surface area contributed by atoms with Gasteiger partial charge in [0, 0.05) is 13.1 Å². The van der Waals surface area contributed by atoms with Gasteiger partial charge in [0.1, 0.15) is 5.54 Å². The molecule has 1 heterocycles. The standard InChI is InChI=1S/C14H26N2O2/c1-3-18-13(17)14(15,12-6-7-12)10-16-8-4-5-11(2)9-16/h11-12H,3-10,15H2,1-2H3. The molecular formula is C14H26N2O2. The fraction of sp³-hybridized carbons (Fsp3) is 0.929. The highest BCUT2D eigenvalue weighted by atomic mass is 16.5. The summed E-state index contributed by atoms with van der Waals surface area (Å²) in [6, 6.07) is 0. The van der Waals surface area contributed by atoms with Gasteiger partial charge in [0.2, 0.25) is 0 Å². The van der Waals surface area contributed by atoms with Crippen LogP contribution in [0.5, 0.6) is 0 Å². The van der Waals surface area contributed by atoms with Gasteiger partial charge >= 0.3 is 5.97 Å². The molecule has 1 aliphatic carbocycles. The van der Waals surface area contributed by atoms with Crippen molar-refractivity contribution in [2.45, 2.75) is 45.1 Å². The molecule has 0 amide bonds. The lowest BCUT2D eigenvalue weighted by Crippen LogP contribution is -2.59. The summed E-state index contributed by atoms with van der Waals surface area (Å²) in [6.07, 6.45) is 4.64. The maximum atomic E-state index is 12.1. The van der Waals surface area contributed by atoms with Crippen LogP contribution in [0.25, 0.3) is 0 Å². The van der Waals surface area contributed by atoms with Gasteiger partial charge in [-0.1, -0.05) is 6.92 Å². The van der Waals surface area contributed by atoms with Gasteiger partial charge in [0.05, 0.1) is 6.61 Å². The summed E-state index contributed by atoms with van der Waals surface area (Å²) in [4.78, 5) is 14.5. The van der Waals surface area contributed by atoms with E-state index in [0.29, 0.717) is 25.0 Å². The van der Waals surface area contributed by atoms with Crippen LogP contribution in [-0.2, 0) is 9.53 Å². The van der Waals surface area contributed by atoms with Crippen LogP contribution in [0.15, 0.2) is 0 Å². The Labute approximate surface area is 110 Å². The molecule has 2 N–H and O–H groups in total. The van der Waals surface area contributed by atoms with Gasteiger partial charge in [0.25, 0.3) is 0 Å². The van der Waals surface area contributed by atoms with Crippen molar-refractivity contribution in [1.82, 2.24) is 4.90 Å². The van der Waals surface area contributed by atoms with Crippen LogP contribution in [0.3, 0.4) is 0 Å². The highest BCUT2D eigenvalue weighted by Crippen LogP contribution is 2.39. The molecule has 2 rings (SSSR count). The molecule has 104 valence electrons. The quantitative estimate of drug-likeness (QED) is 0.753.